The third-order valence-electron chi connectivity index (χ3n) is 2.18. The molecule has 0 aliphatic rings. The van der Waals surface area contributed by atoms with Crippen molar-refractivity contribution in [2.75, 3.05) is 38.3 Å². The van der Waals surface area contributed by atoms with Crippen LogP contribution >= 0.6 is 11.8 Å². The van der Waals surface area contributed by atoms with Crippen molar-refractivity contribution >= 4 is 17.6 Å². The number of thioether (sulfide) groups is 1. The van der Waals surface area contributed by atoms with Crippen LogP contribution in [0.2, 0.25) is 0 Å². The maximum Gasteiger partial charge on any atom is 0.129 e. The molecule has 0 spiro atoms. The molecular weight excluding hydrogens is 218 g/mol. The largest absolute Gasteiger partial charge is 0.370 e. The summed E-state index contributed by atoms with van der Waals surface area (Å²) >= 11 is 1.95. The Morgan fingerprint density at radius 1 is 1.44 bits per heavy atom. The average Bonchev–Trinajstić information content (AvgIpc) is 2.26. The third-order valence-corrected chi connectivity index (χ3v) is 3.16. The first-order chi connectivity index (χ1) is 7.74. The van der Waals surface area contributed by atoms with Gasteiger partial charge in [-0.25, -0.2) is 4.98 Å². The van der Waals surface area contributed by atoms with Gasteiger partial charge in [-0.2, -0.15) is 11.8 Å². The van der Waals surface area contributed by atoms with E-state index in [0.717, 1.165) is 30.4 Å². The average molecular weight is 239 g/mol. The summed E-state index contributed by atoms with van der Waals surface area (Å²) in [6, 6.07) is 4.15. The molecule has 4 heteroatoms. The third kappa shape index (κ3) is 4.86. The molecular formula is C12H21N3S. The first kappa shape index (κ1) is 13.3. The van der Waals surface area contributed by atoms with Crippen LogP contribution in [0.4, 0.5) is 5.82 Å². The molecule has 0 saturated carbocycles. The second kappa shape index (κ2) is 7.52. The molecule has 0 aromatic carbocycles. The quantitative estimate of drug-likeness (QED) is 0.739. The molecule has 1 N–H and O–H groups in total. The first-order valence-electron chi connectivity index (χ1n) is 5.64. The number of aromatic nitrogens is 1. The van der Waals surface area contributed by atoms with E-state index in [1.807, 2.05) is 24.0 Å². The second-order valence-corrected chi connectivity index (χ2v) is 5.00. The maximum absolute atomic E-state index is 4.35. The Morgan fingerprint density at radius 3 is 2.94 bits per heavy atom. The Balaban J connectivity index is 2.40. The predicted molar refractivity (Wildman–Crippen MR) is 73.1 cm³/mol. The van der Waals surface area contributed by atoms with Gasteiger partial charge in [0.2, 0.25) is 0 Å². The van der Waals surface area contributed by atoms with Crippen LogP contribution in [-0.2, 0) is 5.75 Å². The number of hydrogen-bond donors (Lipinski definition) is 1. The molecule has 1 aromatic heterocycles. The molecule has 90 valence electrons. The number of nitrogens with zero attached hydrogens (tertiary/aromatic N) is 2. The van der Waals surface area contributed by atoms with Gasteiger partial charge < -0.3 is 10.2 Å². The molecule has 0 atom stereocenters. The van der Waals surface area contributed by atoms with Gasteiger partial charge >= 0.3 is 0 Å². The summed E-state index contributed by atoms with van der Waals surface area (Å²) in [5.74, 6) is 3.22. The number of pyridine rings is 1. The standard InChI is InChI=1S/C12H21N3S/c1-4-13-12-11(6-5-7-14-12)10-16-9-8-15(2)3/h5-7H,4,8-10H2,1-3H3,(H,13,14). The highest BCUT2D eigenvalue weighted by atomic mass is 32.2. The zero-order valence-electron chi connectivity index (χ0n) is 10.4. The lowest BCUT2D eigenvalue weighted by Crippen LogP contribution is -2.14. The maximum atomic E-state index is 4.35. The van der Waals surface area contributed by atoms with Crippen molar-refractivity contribution < 1.29 is 0 Å². The molecule has 3 nitrogen and oxygen atoms in total. The molecule has 0 unspecified atom stereocenters. The highest BCUT2D eigenvalue weighted by Crippen LogP contribution is 2.18. The van der Waals surface area contributed by atoms with Crippen molar-refractivity contribution in [2.24, 2.45) is 0 Å². The van der Waals surface area contributed by atoms with Gasteiger partial charge in [0.05, 0.1) is 0 Å². The Morgan fingerprint density at radius 2 is 2.25 bits per heavy atom. The molecule has 0 bridgehead atoms. The topological polar surface area (TPSA) is 28.2 Å². The molecule has 1 heterocycles. The Bertz CT molecular complexity index is 302. The highest BCUT2D eigenvalue weighted by molar-refractivity contribution is 7.98. The fourth-order valence-corrected chi connectivity index (χ4v) is 2.40. The number of anilines is 1. The van der Waals surface area contributed by atoms with Crippen LogP contribution in [0.1, 0.15) is 12.5 Å². The minimum atomic E-state index is 0.923. The fourth-order valence-electron chi connectivity index (χ4n) is 1.31. The minimum Gasteiger partial charge on any atom is -0.370 e. The molecule has 1 aromatic rings. The molecule has 0 fully saturated rings. The summed E-state index contributed by atoms with van der Waals surface area (Å²) in [5.41, 5.74) is 1.30. The van der Waals surface area contributed by atoms with Gasteiger partial charge in [-0.3, -0.25) is 0 Å². The van der Waals surface area contributed by atoms with Crippen LogP contribution in [0, 0.1) is 0 Å². The zero-order valence-corrected chi connectivity index (χ0v) is 11.2. The van der Waals surface area contributed by atoms with E-state index in [1.165, 1.54) is 5.56 Å². The van der Waals surface area contributed by atoms with Gasteiger partial charge in [-0.1, -0.05) is 6.07 Å². The lowest BCUT2D eigenvalue weighted by Gasteiger charge is -2.11. The summed E-state index contributed by atoms with van der Waals surface area (Å²) in [4.78, 5) is 6.56. The lowest BCUT2D eigenvalue weighted by molar-refractivity contribution is 0.437. The first-order valence-corrected chi connectivity index (χ1v) is 6.79. The van der Waals surface area contributed by atoms with Crippen LogP contribution < -0.4 is 5.32 Å². The van der Waals surface area contributed by atoms with Gasteiger partial charge in [-0.15, -0.1) is 0 Å². The van der Waals surface area contributed by atoms with Crippen molar-refractivity contribution in [1.29, 1.82) is 0 Å². The summed E-state index contributed by atoms with van der Waals surface area (Å²) in [5, 5.41) is 3.29. The molecule has 16 heavy (non-hydrogen) atoms. The molecule has 0 aliphatic carbocycles. The monoisotopic (exact) mass is 239 g/mol. The SMILES string of the molecule is CCNc1ncccc1CSCCN(C)C. The van der Waals surface area contributed by atoms with E-state index >= 15 is 0 Å². The van der Waals surface area contributed by atoms with Gasteiger partial charge in [0.25, 0.3) is 0 Å². The molecule has 0 saturated heterocycles. The van der Waals surface area contributed by atoms with E-state index in [1.54, 1.807) is 0 Å². The van der Waals surface area contributed by atoms with Gasteiger partial charge in [-0.05, 0) is 27.1 Å². The normalized spacial score (nSPS) is 10.8. The van der Waals surface area contributed by atoms with Crippen LogP contribution in [-0.4, -0.2) is 42.8 Å². The van der Waals surface area contributed by atoms with Gasteiger partial charge in [0.15, 0.2) is 0 Å². The van der Waals surface area contributed by atoms with Crippen molar-refractivity contribution in [3.05, 3.63) is 23.9 Å². The second-order valence-electron chi connectivity index (χ2n) is 3.90. The number of hydrogen-bond acceptors (Lipinski definition) is 4. The van der Waals surface area contributed by atoms with E-state index in [0.29, 0.717) is 0 Å². The summed E-state index contributed by atoms with van der Waals surface area (Å²) in [7, 11) is 4.21. The van der Waals surface area contributed by atoms with E-state index in [-0.39, 0.29) is 0 Å². The van der Waals surface area contributed by atoms with Crippen molar-refractivity contribution in [2.45, 2.75) is 12.7 Å². The number of rotatable bonds is 7. The van der Waals surface area contributed by atoms with Crippen molar-refractivity contribution in [3.8, 4) is 0 Å². The van der Waals surface area contributed by atoms with Crippen LogP contribution in [0.25, 0.3) is 0 Å². The van der Waals surface area contributed by atoms with E-state index in [4.69, 9.17) is 0 Å². The van der Waals surface area contributed by atoms with Crippen molar-refractivity contribution in [1.82, 2.24) is 9.88 Å². The molecule has 0 radical (unpaired) electrons. The molecule has 0 amide bonds. The fraction of sp³-hybridized carbons (Fsp3) is 0.583. The highest BCUT2D eigenvalue weighted by Gasteiger charge is 2.01. The molecule has 1 rings (SSSR count). The summed E-state index contributed by atoms with van der Waals surface area (Å²) < 4.78 is 0. The van der Waals surface area contributed by atoms with Crippen LogP contribution in [0.3, 0.4) is 0 Å². The van der Waals surface area contributed by atoms with Gasteiger partial charge in [0.1, 0.15) is 5.82 Å². The Hall–Kier alpha value is -0.740. The smallest absolute Gasteiger partial charge is 0.129 e. The van der Waals surface area contributed by atoms with E-state index in [9.17, 15) is 0 Å². The summed E-state index contributed by atoms with van der Waals surface area (Å²) in [6.45, 7) is 4.14. The molecule has 0 aliphatic heterocycles. The van der Waals surface area contributed by atoms with E-state index in [2.05, 4.69) is 42.3 Å². The number of nitrogens with one attached hydrogen (secondary N) is 1. The van der Waals surface area contributed by atoms with Gasteiger partial charge in [0, 0.05) is 36.4 Å². The Labute approximate surface area is 103 Å². The van der Waals surface area contributed by atoms with E-state index < -0.39 is 0 Å². The van der Waals surface area contributed by atoms with Crippen LogP contribution in [0.15, 0.2) is 18.3 Å². The Kier molecular flexibility index (Phi) is 6.26. The zero-order chi connectivity index (χ0) is 11.8. The predicted octanol–water partition coefficient (Wildman–Crippen LogP) is 2.31. The van der Waals surface area contributed by atoms with Crippen molar-refractivity contribution in [3.63, 3.8) is 0 Å². The minimum absolute atomic E-state index is 0.923. The summed E-state index contributed by atoms with van der Waals surface area (Å²) in [6.07, 6.45) is 1.84. The van der Waals surface area contributed by atoms with Crippen LogP contribution in [0.5, 0.6) is 0 Å². The lowest BCUT2D eigenvalue weighted by atomic mass is 10.3.